The highest BCUT2D eigenvalue weighted by Gasteiger charge is 2.28. The van der Waals surface area contributed by atoms with Crippen LogP contribution in [-0.2, 0) is 0 Å². The van der Waals surface area contributed by atoms with Crippen LogP contribution >= 0.6 is 0 Å². The first-order chi connectivity index (χ1) is 11.4. The van der Waals surface area contributed by atoms with E-state index in [1.54, 1.807) is 0 Å². The first-order valence-electron chi connectivity index (χ1n) is 9.52. The fraction of sp³-hybridized carbons (Fsp3) is 0.944. The molecule has 6 heteroatoms. The highest BCUT2D eigenvalue weighted by atomic mass is 16.3. The van der Waals surface area contributed by atoms with Crippen LogP contribution in [0.4, 0.5) is 4.79 Å². The van der Waals surface area contributed by atoms with Gasteiger partial charge in [-0.3, -0.25) is 4.90 Å². The SMILES string of the molecule is CC(C)C(CNC(=O)N1CCC(C(C)O)CC1)N1CCN(C)CC1. The van der Waals surface area contributed by atoms with Gasteiger partial charge in [0, 0.05) is 51.9 Å². The number of piperidine rings is 1. The van der Waals surface area contributed by atoms with E-state index in [0.29, 0.717) is 17.9 Å². The van der Waals surface area contributed by atoms with Crippen molar-refractivity contribution in [3.8, 4) is 0 Å². The van der Waals surface area contributed by atoms with Crippen LogP contribution < -0.4 is 5.32 Å². The van der Waals surface area contributed by atoms with Crippen molar-refractivity contribution in [3.05, 3.63) is 0 Å². The normalized spacial score (nSPS) is 24.2. The Kier molecular flexibility index (Phi) is 7.32. The van der Waals surface area contributed by atoms with Crippen LogP contribution in [-0.4, -0.2) is 90.8 Å². The zero-order chi connectivity index (χ0) is 17.7. The lowest BCUT2D eigenvalue weighted by Gasteiger charge is -2.40. The largest absolute Gasteiger partial charge is 0.393 e. The van der Waals surface area contributed by atoms with Crippen molar-refractivity contribution in [2.24, 2.45) is 11.8 Å². The average molecular weight is 341 g/mol. The van der Waals surface area contributed by atoms with Crippen LogP contribution in [0.5, 0.6) is 0 Å². The van der Waals surface area contributed by atoms with Gasteiger partial charge in [-0.1, -0.05) is 13.8 Å². The molecule has 140 valence electrons. The number of likely N-dealkylation sites (tertiary alicyclic amines) is 1. The van der Waals surface area contributed by atoms with Gasteiger partial charge in [-0.05, 0) is 38.6 Å². The van der Waals surface area contributed by atoms with E-state index in [1.807, 2.05) is 11.8 Å². The van der Waals surface area contributed by atoms with Crippen molar-refractivity contribution in [1.82, 2.24) is 20.0 Å². The quantitative estimate of drug-likeness (QED) is 0.786. The summed E-state index contributed by atoms with van der Waals surface area (Å²) in [7, 11) is 2.17. The van der Waals surface area contributed by atoms with Crippen LogP contribution in [0.2, 0.25) is 0 Å². The molecule has 2 saturated heterocycles. The Hall–Kier alpha value is -0.850. The van der Waals surface area contributed by atoms with Gasteiger partial charge >= 0.3 is 6.03 Å². The summed E-state index contributed by atoms with van der Waals surface area (Å²) in [6, 6.07) is 0.455. The molecule has 0 aliphatic carbocycles. The van der Waals surface area contributed by atoms with E-state index in [-0.39, 0.29) is 12.1 Å². The number of hydrogen-bond donors (Lipinski definition) is 2. The van der Waals surface area contributed by atoms with E-state index in [4.69, 9.17) is 0 Å². The molecule has 0 aromatic rings. The average Bonchev–Trinajstić information content (AvgIpc) is 2.56. The molecule has 2 amide bonds. The van der Waals surface area contributed by atoms with Gasteiger partial charge in [-0.15, -0.1) is 0 Å². The summed E-state index contributed by atoms with van der Waals surface area (Å²) in [4.78, 5) is 19.2. The van der Waals surface area contributed by atoms with Gasteiger partial charge < -0.3 is 20.2 Å². The minimum absolute atomic E-state index is 0.0545. The predicted molar refractivity (Wildman–Crippen MR) is 97.1 cm³/mol. The number of piperazine rings is 1. The zero-order valence-electron chi connectivity index (χ0n) is 15.9. The van der Waals surface area contributed by atoms with Crippen molar-refractivity contribution in [3.63, 3.8) is 0 Å². The molecule has 2 N–H and O–H groups in total. The first kappa shape index (κ1) is 19.5. The van der Waals surface area contributed by atoms with Gasteiger partial charge in [0.05, 0.1) is 6.10 Å². The molecule has 0 bridgehead atoms. The van der Waals surface area contributed by atoms with Crippen molar-refractivity contribution in [2.45, 2.75) is 45.8 Å². The summed E-state index contributed by atoms with van der Waals surface area (Å²) in [5, 5.41) is 12.8. The number of nitrogens with one attached hydrogen (secondary N) is 1. The number of nitrogens with zero attached hydrogens (tertiary/aromatic N) is 3. The van der Waals surface area contributed by atoms with Crippen molar-refractivity contribution >= 4 is 6.03 Å². The van der Waals surface area contributed by atoms with Crippen molar-refractivity contribution < 1.29 is 9.90 Å². The molecule has 0 aromatic heterocycles. The lowest BCUT2D eigenvalue weighted by Crippen LogP contribution is -2.55. The Morgan fingerprint density at radius 1 is 1.08 bits per heavy atom. The molecule has 2 atom stereocenters. The highest BCUT2D eigenvalue weighted by molar-refractivity contribution is 5.74. The second kappa shape index (κ2) is 9.02. The maximum Gasteiger partial charge on any atom is 0.317 e. The number of rotatable bonds is 5. The second-order valence-electron chi connectivity index (χ2n) is 7.90. The summed E-state index contributed by atoms with van der Waals surface area (Å²) < 4.78 is 0. The number of likely N-dealkylation sites (N-methyl/N-ethyl adjacent to an activating group) is 1. The van der Waals surface area contributed by atoms with Gasteiger partial charge in [0.1, 0.15) is 0 Å². The van der Waals surface area contributed by atoms with Gasteiger partial charge in [0.2, 0.25) is 0 Å². The van der Waals surface area contributed by atoms with E-state index >= 15 is 0 Å². The fourth-order valence-electron chi connectivity index (χ4n) is 3.83. The molecule has 0 saturated carbocycles. The van der Waals surface area contributed by atoms with Gasteiger partial charge in [-0.2, -0.15) is 0 Å². The van der Waals surface area contributed by atoms with Crippen molar-refractivity contribution in [1.29, 1.82) is 0 Å². The van der Waals surface area contributed by atoms with Gasteiger partial charge in [-0.25, -0.2) is 4.79 Å². The molecule has 0 radical (unpaired) electrons. The van der Waals surface area contributed by atoms with Gasteiger partial charge in [0.15, 0.2) is 0 Å². The molecule has 6 nitrogen and oxygen atoms in total. The summed E-state index contributed by atoms with van der Waals surface area (Å²) in [5.41, 5.74) is 0. The number of hydrogen-bond acceptors (Lipinski definition) is 4. The van der Waals surface area contributed by atoms with E-state index in [9.17, 15) is 9.90 Å². The topological polar surface area (TPSA) is 59.1 Å². The van der Waals surface area contributed by atoms with Crippen LogP contribution in [0.15, 0.2) is 0 Å². The molecule has 0 aromatic carbocycles. The third kappa shape index (κ3) is 5.33. The molecule has 2 aliphatic heterocycles. The number of aliphatic hydroxyl groups excluding tert-OH is 1. The molecule has 2 heterocycles. The number of urea groups is 1. The maximum absolute atomic E-state index is 12.5. The summed E-state index contributed by atoms with van der Waals surface area (Å²) >= 11 is 0. The molecular weight excluding hydrogens is 304 g/mol. The lowest BCUT2D eigenvalue weighted by atomic mass is 9.92. The summed E-state index contributed by atoms with van der Waals surface area (Å²) in [6.45, 7) is 12.9. The number of carbonyl (C=O) groups is 1. The van der Waals surface area contributed by atoms with Crippen molar-refractivity contribution in [2.75, 3.05) is 52.9 Å². The smallest absolute Gasteiger partial charge is 0.317 e. The third-order valence-electron chi connectivity index (χ3n) is 5.75. The molecule has 24 heavy (non-hydrogen) atoms. The molecule has 2 rings (SSSR count). The van der Waals surface area contributed by atoms with Gasteiger partial charge in [0.25, 0.3) is 0 Å². The maximum atomic E-state index is 12.5. The minimum atomic E-state index is -0.266. The Labute approximate surface area is 147 Å². The lowest BCUT2D eigenvalue weighted by molar-refractivity contribution is 0.0753. The Balaban J connectivity index is 1.78. The predicted octanol–water partition coefficient (Wildman–Crippen LogP) is 1.06. The monoisotopic (exact) mass is 340 g/mol. The Morgan fingerprint density at radius 2 is 1.67 bits per heavy atom. The zero-order valence-corrected chi connectivity index (χ0v) is 15.9. The Morgan fingerprint density at radius 3 is 2.17 bits per heavy atom. The molecule has 2 aliphatic rings. The van der Waals surface area contributed by atoms with Crippen LogP contribution in [0, 0.1) is 11.8 Å². The Bertz CT molecular complexity index is 386. The fourth-order valence-corrected chi connectivity index (χ4v) is 3.83. The third-order valence-corrected chi connectivity index (χ3v) is 5.75. The molecule has 0 spiro atoms. The number of amides is 2. The van der Waals surface area contributed by atoms with E-state index in [1.165, 1.54) is 0 Å². The van der Waals surface area contributed by atoms with Crippen LogP contribution in [0.3, 0.4) is 0 Å². The minimum Gasteiger partial charge on any atom is -0.393 e. The van der Waals surface area contributed by atoms with E-state index < -0.39 is 0 Å². The number of aliphatic hydroxyl groups is 1. The summed E-state index contributed by atoms with van der Waals surface area (Å²) in [6.07, 6.45) is 1.53. The summed E-state index contributed by atoms with van der Waals surface area (Å²) in [5.74, 6) is 0.859. The molecule has 2 fully saturated rings. The van der Waals surface area contributed by atoms with Crippen LogP contribution in [0.25, 0.3) is 0 Å². The highest BCUT2D eigenvalue weighted by Crippen LogP contribution is 2.20. The van der Waals surface area contributed by atoms with E-state index in [2.05, 4.69) is 36.0 Å². The number of carbonyl (C=O) groups excluding carboxylic acids is 1. The molecule has 2 unspecified atom stereocenters. The van der Waals surface area contributed by atoms with E-state index in [0.717, 1.165) is 58.7 Å². The van der Waals surface area contributed by atoms with Crippen LogP contribution in [0.1, 0.15) is 33.6 Å². The molecular formula is C18H36N4O2. The first-order valence-corrected chi connectivity index (χ1v) is 9.52. The standard InChI is InChI=1S/C18H36N4O2/c1-14(2)17(21-11-9-20(4)10-12-21)13-19-18(24)22-7-5-16(6-8-22)15(3)23/h14-17,23H,5-13H2,1-4H3,(H,19,24). The second-order valence-corrected chi connectivity index (χ2v) is 7.90.